The van der Waals surface area contributed by atoms with Crippen LogP contribution in [0, 0.1) is 0 Å². The monoisotopic (exact) mass is 690 g/mol. The molecule has 0 saturated carbocycles. The molecular weight excluding hydrogens is 677 g/mol. The van der Waals surface area contributed by atoms with Crippen molar-refractivity contribution in [2.75, 3.05) is 26.4 Å². The number of hydrogen-bond acceptors (Lipinski definition) is 4. The van der Waals surface area contributed by atoms with Crippen molar-refractivity contribution in [2.24, 2.45) is 0 Å². The van der Waals surface area contributed by atoms with Crippen LogP contribution >= 0.6 is 0 Å². The first-order chi connectivity index (χ1) is 19.7. The molecule has 44 heavy (non-hydrogen) atoms. The lowest BCUT2D eigenvalue weighted by molar-refractivity contribution is -0.277. The lowest BCUT2D eigenvalue weighted by Crippen LogP contribution is -2.49. The van der Waals surface area contributed by atoms with Gasteiger partial charge in [0.25, 0.3) is 0 Å². The van der Waals surface area contributed by atoms with Gasteiger partial charge in [0, 0.05) is 12.8 Å². The average molecular weight is 690 g/mol. The van der Waals surface area contributed by atoms with E-state index in [2.05, 4.69) is 18.9 Å². The predicted molar refractivity (Wildman–Crippen MR) is 101 cm³/mol. The molecule has 3 aliphatic rings. The summed E-state index contributed by atoms with van der Waals surface area (Å²) in [5.41, 5.74) is 0. The maximum Gasteiger partial charge on any atom is 0.387 e. The maximum absolute atomic E-state index is 14.1. The highest BCUT2D eigenvalue weighted by Gasteiger charge is 2.84. The van der Waals surface area contributed by atoms with E-state index in [1.54, 1.807) is 0 Å². The molecule has 0 spiro atoms. The van der Waals surface area contributed by atoms with E-state index in [9.17, 15) is 83.4 Å². The minimum atomic E-state index is -6.30. The van der Waals surface area contributed by atoms with Gasteiger partial charge in [-0.05, 0) is 0 Å². The Balaban J connectivity index is 1.65. The first-order valence-electron chi connectivity index (χ1n) is 11.4. The number of halogens is 19. The van der Waals surface area contributed by atoms with Crippen LogP contribution in [-0.2, 0) is 18.9 Å². The highest BCUT2D eigenvalue weighted by atomic mass is 19.4. The molecule has 3 aliphatic carbocycles. The Labute approximate surface area is 231 Å². The molecule has 0 heterocycles. The molecule has 0 fully saturated rings. The second-order valence-corrected chi connectivity index (χ2v) is 9.09. The largest absolute Gasteiger partial charge is 0.491 e. The smallest absolute Gasteiger partial charge is 0.387 e. The van der Waals surface area contributed by atoms with Crippen LogP contribution in [0.25, 0.3) is 0 Å². The van der Waals surface area contributed by atoms with Crippen LogP contribution in [0.3, 0.4) is 0 Å². The molecule has 0 amide bonds. The standard InChI is InChI=1S/C21H13F19O4/c22-8-7(9(23)15(27,28)14(8,25)26)41-3-1-5-43-12-13(19(35,36)21(39,40)18(12,33)34)44-6-2-4-42-11-10(24)16(29,30)20(37,38)17(11,31)32/h8H,1-6H2. The molecule has 0 aromatic heterocycles. The summed E-state index contributed by atoms with van der Waals surface area (Å²) in [6.07, 6.45) is -6.23. The molecule has 0 aliphatic heterocycles. The molecule has 0 aromatic rings. The van der Waals surface area contributed by atoms with E-state index in [-0.39, 0.29) is 0 Å². The van der Waals surface area contributed by atoms with Gasteiger partial charge in [-0.3, -0.25) is 0 Å². The Morgan fingerprint density at radius 2 is 0.773 bits per heavy atom. The molecule has 0 N–H and O–H groups in total. The summed E-state index contributed by atoms with van der Waals surface area (Å²) in [4.78, 5) is 0. The number of ether oxygens (including phenoxy) is 4. The van der Waals surface area contributed by atoms with Crippen molar-refractivity contribution in [3.8, 4) is 0 Å². The van der Waals surface area contributed by atoms with Gasteiger partial charge >= 0.3 is 47.4 Å². The minimum Gasteiger partial charge on any atom is -0.491 e. The van der Waals surface area contributed by atoms with E-state index < -0.39 is 128 Å². The Morgan fingerprint density at radius 1 is 0.432 bits per heavy atom. The molecule has 0 bridgehead atoms. The third-order valence-electron chi connectivity index (χ3n) is 6.15. The van der Waals surface area contributed by atoms with Gasteiger partial charge < -0.3 is 18.9 Å². The first kappa shape index (κ1) is 35.6. The zero-order chi connectivity index (χ0) is 34.1. The lowest BCUT2D eigenvalue weighted by Gasteiger charge is -2.24. The quantitative estimate of drug-likeness (QED) is 0.154. The SMILES string of the molecule is FC1=C(OCCCOC2=C(OCCCOC3=C(F)C(F)(F)C(F)(F)C3(F)F)C(F)(F)C(F)(F)C2(F)F)C(F)C(F)(F)C1(F)F. The van der Waals surface area contributed by atoms with Gasteiger partial charge in [-0.2, -0.15) is 70.2 Å². The van der Waals surface area contributed by atoms with Crippen LogP contribution in [0.15, 0.2) is 34.7 Å². The van der Waals surface area contributed by atoms with E-state index in [1.807, 2.05) is 0 Å². The zero-order valence-electron chi connectivity index (χ0n) is 20.6. The number of rotatable bonds is 12. The Bertz CT molecular complexity index is 1240. The van der Waals surface area contributed by atoms with E-state index >= 15 is 0 Å². The van der Waals surface area contributed by atoms with E-state index in [0.717, 1.165) is 0 Å². The number of hydrogen-bond donors (Lipinski definition) is 0. The van der Waals surface area contributed by atoms with Gasteiger partial charge in [-0.15, -0.1) is 0 Å². The van der Waals surface area contributed by atoms with Gasteiger partial charge in [0.15, 0.2) is 5.76 Å². The Kier molecular flexibility index (Phi) is 8.55. The zero-order valence-corrected chi connectivity index (χ0v) is 20.6. The van der Waals surface area contributed by atoms with Crippen molar-refractivity contribution in [1.29, 1.82) is 0 Å². The molecule has 3 rings (SSSR count). The summed E-state index contributed by atoms with van der Waals surface area (Å²) in [6.45, 7) is -5.75. The molecule has 0 saturated heterocycles. The second kappa shape index (κ2) is 10.6. The van der Waals surface area contributed by atoms with Crippen LogP contribution in [0.5, 0.6) is 0 Å². The van der Waals surface area contributed by atoms with Gasteiger partial charge in [0.05, 0.1) is 26.4 Å². The lowest BCUT2D eigenvalue weighted by atomic mass is 10.1. The van der Waals surface area contributed by atoms with Crippen LogP contribution in [0.4, 0.5) is 83.4 Å². The predicted octanol–water partition coefficient (Wildman–Crippen LogP) is 7.87. The average Bonchev–Trinajstić information content (AvgIpc) is 3.12. The summed E-state index contributed by atoms with van der Waals surface area (Å²) in [5, 5.41) is 0. The molecule has 254 valence electrons. The van der Waals surface area contributed by atoms with Crippen LogP contribution in [0.1, 0.15) is 12.8 Å². The first-order valence-corrected chi connectivity index (χ1v) is 11.4. The molecule has 1 atom stereocenters. The van der Waals surface area contributed by atoms with Crippen molar-refractivity contribution in [3.05, 3.63) is 34.7 Å². The van der Waals surface area contributed by atoms with Crippen LogP contribution in [-0.4, -0.2) is 80.0 Å². The fraction of sp³-hybridized carbons (Fsp3) is 0.714. The van der Waals surface area contributed by atoms with E-state index in [1.165, 1.54) is 0 Å². The third-order valence-corrected chi connectivity index (χ3v) is 6.15. The highest BCUT2D eigenvalue weighted by Crippen LogP contribution is 2.61. The Hall–Kier alpha value is -2.91. The molecular formula is C21H13F19O4. The van der Waals surface area contributed by atoms with Crippen LogP contribution in [0.2, 0.25) is 0 Å². The van der Waals surface area contributed by atoms with Gasteiger partial charge in [-0.25, -0.2) is 13.2 Å². The van der Waals surface area contributed by atoms with Crippen LogP contribution < -0.4 is 0 Å². The normalized spacial score (nSPS) is 28.5. The van der Waals surface area contributed by atoms with Crippen molar-refractivity contribution in [3.63, 3.8) is 0 Å². The van der Waals surface area contributed by atoms with Crippen molar-refractivity contribution in [2.45, 2.75) is 66.4 Å². The summed E-state index contributed by atoms with van der Waals surface area (Å²) < 4.78 is 273. The third kappa shape index (κ3) is 4.68. The minimum absolute atomic E-state index is 1.04. The second-order valence-electron chi connectivity index (χ2n) is 9.09. The number of alkyl halides is 17. The fourth-order valence-electron chi connectivity index (χ4n) is 3.69. The van der Waals surface area contributed by atoms with E-state index in [4.69, 9.17) is 0 Å². The highest BCUT2D eigenvalue weighted by molar-refractivity contribution is 5.35. The van der Waals surface area contributed by atoms with Gasteiger partial charge in [-0.1, -0.05) is 0 Å². The number of allylic oxidation sites excluding steroid dienone is 6. The maximum atomic E-state index is 14.1. The summed E-state index contributed by atoms with van der Waals surface area (Å²) in [5.74, 6) is -64.2. The molecule has 1 unspecified atom stereocenters. The Morgan fingerprint density at radius 3 is 1.11 bits per heavy atom. The molecule has 23 heteroatoms. The molecule has 4 nitrogen and oxygen atoms in total. The van der Waals surface area contributed by atoms with Crippen molar-refractivity contribution < 1.29 is 102 Å². The summed E-state index contributed by atoms with van der Waals surface area (Å²) in [7, 11) is 0. The van der Waals surface area contributed by atoms with E-state index in [0.29, 0.717) is 0 Å². The topological polar surface area (TPSA) is 36.9 Å². The summed E-state index contributed by atoms with van der Waals surface area (Å²) in [6, 6.07) is 0. The van der Waals surface area contributed by atoms with Gasteiger partial charge in [0.2, 0.25) is 35.1 Å². The fourth-order valence-corrected chi connectivity index (χ4v) is 3.69. The van der Waals surface area contributed by atoms with Crippen molar-refractivity contribution >= 4 is 0 Å². The summed E-state index contributed by atoms with van der Waals surface area (Å²) >= 11 is 0. The van der Waals surface area contributed by atoms with Crippen molar-refractivity contribution in [1.82, 2.24) is 0 Å². The molecule has 0 radical (unpaired) electrons. The molecule has 0 aromatic carbocycles. The van der Waals surface area contributed by atoms with Gasteiger partial charge in [0.1, 0.15) is 0 Å².